The van der Waals surface area contributed by atoms with Crippen molar-refractivity contribution in [2.75, 3.05) is 19.8 Å². The molecule has 0 aliphatic carbocycles. The van der Waals surface area contributed by atoms with Crippen LogP contribution in [0.4, 0.5) is 0 Å². The van der Waals surface area contributed by atoms with E-state index in [4.69, 9.17) is 4.74 Å². The summed E-state index contributed by atoms with van der Waals surface area (Å²) in [5.41, 5.74) is 3.41. The van der Waals surface area contributed by atoms with Crippen LogP contribution in [0.15, 0.2) is 36.4 Å². The predicted molar refractivity (Wildman–Crippen MR) is 83.4 cm³/mol. The summed E-state index contributed by atoms with van der Waals surface area (Å²) in [6.45, 7) is 4.70. The minimum absolute atomic E-state index is 0.0545. The van der Waals surface area contributed by atoms with Crippen LogP contribution in [-0.2, 0) is 29.0 Å². The Labute approximate surface area is 130 Å². The van der Waals surface area contributed by atoms with Gasteiger partial charge < -0.3 is 9.64 Å². The van der Waals surface area contributed by atoms with E-state index >= 15 is 0 Å². The minimum Gasteiger partial charge on any atom is -0.372 e. The molecule has 0 radical (unpaired) electrons. The van der Waals surface area contributed by atoms with E-state index in [0.29, 0.717) is 19.7 Å². The average Bonchev–Trinajstić information content (AvgIpc) is 2.94. The van der Waals surface area contributed by atoms with Gasteiger partial charge in [0.1, 0.15) is 6.61 Å². The maximum absolute atomic E-state index is 12.0. The molecule has 0 unspecified atom stereocenters. The first kappa shape index (κ1) is 14.8. The fraction of sp³-hybridized carbons (Fsp3) is 0.412. The molecule has 22 heavy (non-hydrogen) atoms. The molecular formula is C17H21N3O2. The topological polar surface area (TPSA) is 47.4 Å². The number of aromatic nitrogens is 2. The quantitative estimate of drug-likeness (QED) is 0.846. The second-order valence-corrected chi connectivity index (χ2v) is 5.46. The van der Waals surface area contributed by atoms with Crippen LogP contribution in [0.25, 0.3) is 0 Å². The Kier molecular flexibility index (Phi) is 4.53. The highest BCUT2D eigenvalue weighted by Crippen LogP contribution is 2.16. The molecule has 0 N–H and O–H groups in total. The SMILES string of the molecule is CCOCC(=O)N1CCn2nc(Cc3ccccc3)cc2C1. The van der Waals surface area contributed by atoms with Crippen LogP contribution in [0.5, 0.6) is 0 Å². The molecule has 0 bridgehead atoms. The van der Waals surface area contributed by atoms with Crippen LogP contribution in [0.1, 0.15) is 23.9 Å². The van der Waals surface area contributed by atoms with Crippen molar-refractivity contribution in [3.63, 3.8) is 0 Å². The Morgan fingerprint density at radius 3 is 2.86 bits per heavy atom. The Balaban J connectivity index is 1.66. The van der Waals surface area contributed by atoms with E-state index in [9.17, 15) is 4.79 Å². The third-order valence-corrected chi connectivity index (χ3v) is 3.86. The van der Waals surface area contributed by atoms with Gasteiger partial charge in [-0.3, -0.25) is 9.48 Å². The van der Waals surface area contributed by atoms with Crippen LogP contribution in [0.3, 0.4) is 0 Å². The second kappa shape index (κ2) is 6.75. The Morgan fingerprint density at radius 1 is 1.27 bits per heavy atom. The zero-order valence-corrected chi connectivity index (χ0v) is 12.9. The number of ether oxygens (including phenoxy) is 1. The summed E-state index contributed by atoms with van der Waals surface area (Å²) >= 11 is 0. The van der Waals surface area contributed by atoms with Crippen molar-refractivity contribution in [3.8, 4) is 0 Å². The van der Waals surface area contributed by atoms with Gasteiger partial charge in [0, 0.05) is 19.6 Å². The zero-order chi connectivity index (χ0) is 15.4. The normalized spacial score (nSPS) is 14.0. The Morgan fingerprint density at radius 2 is 2.09 bits per heavy atom. The fourth-order valence-corrected chi connectivity index (χ4v) is 2.71. The molecule has 2 heterocycles. The summed E-state index contributed by atoms with van der Waals surface area (Å²) in [4.78, 5) is 13.9. The molecule has 3 rings (SSSR count). The van der Waals surface area contributed by atoms with Crippen LogP contribution < -0.4 is 0 Å². The minimum atomic E-state index is 0.0545. The molecule has 5 nitrogen and oxygen atoms in total. The summed E-state index contributed by atoms with van der Waals surface area (Å²) in [6.07, 6.45) is 0.827. The van der Waals surface area contributed by atoms with Crippen molar-refractivity contribution in [1.82, 2.24) is 14.7 Å². The molecule has 1 aromatic carbocycles. The number of amides is 1. The number of fused-ring (bicyclic) bond motifs is 1. The number of hydrogen-bond donors (Lipinski definition) is 0. The van der Waals surface area contributed by atoms with Crippen LogP contribution >= 0.6 is 0 Å². The van der Waals surface area contributed by atoms with Gasteiger partial charge in [-0.15, -0.1) is 0 Å². The molecule has 0 fully saturated rings. The summed E-state index contributed by atoms with van der Waals surface area (Å²) in [5.74, 6) is 0.0545. The lowest BCUT2D eigenvalue weighted by molar-refractivity contribution is -0.137. The van der Waals surface area contributed by atoms with E-state index in [1.54, 1.807) is 0 Å². The van der Waals surface area contributed by atoms with Crippen molar-refractivity contribution in [2.24, 2.45) is 0 Å². The first-order valence-corrected chi connectivity index (χ1v) is 7.71. The number of rotatable bonds is 5. The van der Waals surface area contributed by atoms with E-state index in [2.05, 4.69) is 23.3 Å². The monoisotopic (exact) mass is 299 g/mol. The Hall–Kier alpha value is -2.14. The van der Waals surface area contributed by atoms with Crippen molar-refractivity contribution < 1.29 is 9.53 Å². The van der Waals surface area contributed by atoms with E-state index in [1.165, 1.54) is 5.56 Å². The van der Waals surface area contributed by atoms with Gasteiger partial charge in [-0.1, -0.05) is 30.3 Å². The van der Waals surface area contributed by atoms with Crippen molar-refractivity contribution in [2.45, 2.75) is 26.4 Å². The second-order valence-electron chi connectivity index (χ2n) is 5.46. The molecule has 0 atom stereocenters. The Bertz CT molecular complexity index is 637. The summed E-state index contributed by atoms with van der Waals surface area (Å²) in [5, 5.41) is 4.65. The third kappa shape index (κ3) is 3.36. The molecular weight excluding hydrogens is 278 g/mol. The molecule has 1 amide bonds. The van der Waals surface area contributed by atoms with E-state index in [1.807, 2.05) is 34.7 Å². The molecule has 1 aromatic heterocycles. The average molecular weight is 299 g/mol. The zero-order valence-electron chi connectivity index (χ0n) is 12.9. The van der Waals surface area contributed by atoms with Gasteiger partial charge in [0.25, 0.3) is 0 Å². The molecule has 1 aliphatic rings. The lowest BCUT2D eigenvalue weighted by atomic mass is 10.1. The molecule has 116 valence electrons. The summed E-state index contributed by atoms with van der Waals surface area (Å²) in [6, 6.07) is 12.4. The first-order chi connectivity index (χ1) is 10.8. The number of nitrogens with zero attached hydrogens (tertiary/aromatic N) is 3. The molecule has 5 heteroatoms. The number of carbonyl (C=O) groups is 1. The van der Waals surface area contributed by atoms with Gasteiger partial charge in [-0.2, -0.15) is 5.10 Å². The van der Waals surface area contributed by atoms with Crippen LogP contribution in [0, 0.1) is 0 Å². The molecule has 0 saturated carbocycles. The van der Waals surface area contributed by atoms with Gasteiger partial charge in [0.05, 0.1) is 24.5 Å². The highest BCUT2D eigenvalue weighted by molar-refractivity contribution is 5.77. The number of benzene rings is 1. The van der Waals surface area contributed by atoms with E-state index in [-0.39, 0.29) is 12.5 Å². The molecule has 0 spiro atoms. The molecule has 1 aliphatic heterocycles. The lowest BCUT2D eigenvalue weighted by Crippen LogP contribution is -2.40. The van der Waals surface area contributed by atoms with Crippen molar-refractivity contribution >= 4 is 5.91 Å². The first-order valence-electron chi connectivity index (χ1n) is 7.71. The predicted octanol–water partition coefficient (Wildman–Crippen LogP) is 1.85. The smallest absolute Gasteiger partial charge is 0.248 e. The van der Waals surface area contributed by atoms with Gasteiger partial charge in [0.2, 0.25) is 5.91 Å². The number of carbonyl (C=O) groups excluding carboxylic acids is 1. The number of hydrogen-bond acceptors (Lipinski definition) is 3. The fourth-order valence-electron chi connectivity index (χ4n) is 2.71. The maximum atomic E-state index is 12.0. The molecule has 0 saturated heterocycles. The van der Waals surface area contributed by atoms with Crippen molar-refractivity contribution in [3.05, 3.63) is 53.3 Å². The standard InChI is InChI=1S/C17H21N3O2/c1-2-22-13-17(21)19-8-9-20-16(12-19)11-15(18-20)10-14-6-4-3-5-7-14/h3-7,11H,2,8-10,12-13H2,1H3. The van der Waals surface area contributed by atoms with E-state index < -0.39 is 0 Å². The highest BCUT2D eigenvalue weighted by Gasteiger charge is 2.22. The summed E-state index contributed by atoms with van der Waals surface area (Å²) in [7, 11) is 0. The highest BCUT2D eigenvalue weighted by atomic mass is 16.5. The van der Waals surface area contributed by atoms with Crippen molar-refractivity contribution in [1.29, 1.82) is 0 Å². The maximum Gasteiger partial charge on any atom is 0.248 e. The van der Waals surface area contributed by atoms with Gasteiger partial charge in [-0.05, 0) is 18.6 Å². The van der Waals surface area contributed by atoms with Gasteiger partial charge in [-0.25, -0.2) is 0 Å². The van der Waals surface area contributed by atoms with Gasteiger partial charge in [0.15, 0.2) is 0 Å². The summed E-state index contributed by atoms with van der Waals surface area (Å²) < 4.78 is 7.22. The van der Waals surface area contributed by atoms with E-state index in [0.717, 1.165) is 24.4 Å². The van der Waals surface area contributed by atoms with Gasteiger partial charge >= 0.3 is 0 Å². The third-order valence-electron chi connectivity index (χ3n) is 3.86. The van der Waals surface area contributed by atoms with Crippen LogP contribution in [-0.4, -0.2) is 40.3 Å². The molecule has 2 aromatic rings. The van der Waals surface area contributed by atoms with Crippen LogP contribution in [0.2, 0.25) is 0 Å². The lowest BCUT2D eigenvalue weighted by Gasteiger charge is -2.27. The largest absolute Gasteiger partial charge is 0.372 e.